The van der Waals surface area contributed by atoms with Crippen molar-refractivity contribution in [1.82, 2.24) is 14.5 Å². The van der Waals surface area contributed by atoms with Gasteiger partial charge in [0.1, 0.15) is 5.69 Å². The molecule has 6 aromatic rings. The van der Waals surface area contributed by atoms with E-state index in [1.165, 1.54) is 21.7 Å². The Balaban J connectivity index is 1.17. The van der Waals surface area contributed by atoms with E-state index in [4.69, 9.17) is 9.41 Å². The van der Waals surface area contributed by atoms with Crippen LogP contribution in [0.3, 0.4) is 0 Å². The molecule has 1 saturated heterocycles. The maximum atomic E-state index is 13.5. The Kier molecular flexibility index (Phi) is 9.31. The van der Waals surface area contributed by atoms with Crippen molar-refractivity contribution in [3.63, 3.8) is 0 Å². The number of thiazole rings is 1. The van der Waals surface area contributed by atoms with Crippen molar-refractivity contribution in [2.24, 2.45) is 0 Å². The molecule has 0 saturated carbocycles. The van der Waals surface area contributed by atoms with Crippen LogP contribution in [0.15, 0.2) is 139 Å². The van der Waals surface area contributed by atoms with E-state index in [0.717, 1.165) is 29.9 Å². The molecular formula is C40H41N5O2SSi. The summed E-state index contributed by atoms with van der Waals surface area (Å²) in [6.45, 7) is 8.29. The van der Waals surface area contributed by atoms with Crippen LogP contribution in [-0.2, 0) is 11.0 Å². The second-order valence-corrected chi connectivity index (χ2v) is 18.7. The van der Waals surface area contributed by atoms with Crippen LogP contribution >= 0.6 is 11.3 Å². The molecule has 7 rings (SSSR count). The Morgan fingerprint density at radius 1 is 0.878 bits per heavy atom. The van der Waals surface area contributed by atoms with Gasteiger partial charge in [0.2, 0.25) is 0 Å². The fraction of sp³-hybridized carbons (Fsp3) is 0.225. The number of anilines is 2. The van der Waals surface area contributed by atoms with Crippen molar-refractivity contribution in [2.45, 2.75) is 50.9 Å². The summed E-state index contributed by atoms with van der Waals surface area (Å²) >= 11 is 1.46. The number of benzene rings is 3. The Morgan fingerprint density at radius 2 is 1.51 bits per heavy atom. The van der Waals surface area contributed by atoms with Crippen molar-refractivity contribution in [3.05, 3.63) is 156 Å². The summed E-state index contributed by atoms with van der Waals surface area (Å²) in [5.74, 6) is -0.181. The van der Waals surface area contributed by atoms with E-state index in [0.29, 0.717) is 17.4 Å². The van der Waals surface area contributed by atoms with Crippen molar-refractivity contribution in [1.29, 1.82) is 0 Å². The molecule has 9 heteroatoms. The monoisotopic (exact) mass is 683 g/mol. The standard InChI is InChI=1S/C40H41N5O2SSi/c1-40(2,3)49(33-16-9-5-10-17-33,34-18-11-6-12-19-34)47-32-26-37(45(28-32)31-14-7-4-8-15-31)35-29-48-39(42-35)43-38(46)36-20-13-25-44(36)27-30-21-23-41-24-22-30/h4-25,29,32,37H,26-28H2,1-3H3,(H,42,43,46)/t32-,37-/m1/s1. The number of para-hydroxylation sites is 1. The number of pyridine rings is 1. The molecule has 7 nitrogen and oxygen atoms in total. The maximum Gasteiger partial charge on any atom is 0.274 e. The van der Waals surface area contributed by atoms with E-state index in [-0.39, 0.29) is 23.1 Å². The number of carbonyl (C=O) groups is 1. The zero-order chi connectivity index (χ0) is 33.8. The molecule has 2 atom stereocenters. The molecule has 0 bridgehead atoms. The number of carbonyl (C=O) groups excluding carboxylic acids is 1. The number of hydrogen-bond donors (Lipinski definition) is 1. The average molecular weight is 684 g/mol. The lowest BCUT2D eigenvalue weighted by molar-refractivity contribution is 0.101. The Bertz CT molecular complexity index is 1940. The van der Waals surface area contributed by atoms with Crippen molar-refractivity contribution in [2.75, 3.05) is 16.8 Å². The molecule has 0 spiro atoms. The highest BCUT2D eigenvalue weighted by molar-refractivity contribution is 7.14. The first-order valence-electron chi connectivity index (χ1n) is 16.7. The number of amides is 1. The van der Waals surface area contributed by atoms with Gasteiger partial charge in [-0.3, -0.25) is 15.1 Å². The minimum atomic E-state index is -2.76. The van der Waals surface area contributed by atoms with Gasteiger partial charge in [0.15, 0.2) is 5.13 Å². The van der Waals surface area contributed by atoms with E-state index in [9.17, 15) is 4.79 Å². The minimum absolute atomic E-state index is 0.0110. The van der Waals surface area contributed by atoms with Crippen LogP contribution in [0.25, 0.3) is 0 Å². The smallest absolute Gasteiger partial charge is 0.274 e. The zero-order valence-electron chi connectivity index (χ0n) is 28.1. The first-order valence-corrected chi connectivity index (χ1v) is 19.5. The summed E-state index contributed by atoms with van der Waals surface area (Å²) < 4.78 is 9.56. The van der Waals surface area contributed by atoms with Gasteiger partial charge in [-0.15, -0.1) is 11.3 Å². The van der Waals surface area contributed by atoms with Crippen molar-refractivity contribution < 1.29 is 9.22 Å². The molecular weight excluding hydrogens is 643 g/mol. The highest BCUT2D eigenvalue weighted by Gasteiger charge is 2.53. The Morgan fingerprint density at radius 3 is 2.14 bits per heavy atom. The van der Waals surface area contributed by atoms with E-state index >= 15 is 0 Å². The molecule has 1 aliphatic rings. The molecule has 248 valence electrons. The van der Waals surface area contributed by atoms with E-state index in [2.05, 4.69) is 126 Å². The van der Waals surface area contributed by atoms with Gasteiger partial charge < -0.3 is 13.9 Å². The summed E-state index contributed by atoms with van der Waals surface area (Å²) in [7, 11) is -2.76. The van der Waals surface area contributed by atoms with Crippen LogP contribution in [0, 0.1) is 0 Å². The van der Waals surface area contributed by atoms with Gasteiger partial charge in [-0.2, -0.15) is 0 Å². The van der Waals surface area contributed by atoms with Gasteiger partial charge >= 0.3 is 0 Å². The third kappa shape index (κ3) is 6.74. The highest BCUT2D eigenvalue weighted by Crippen LogP contribution is 2.43. The molecule has 0 aliphatic carbocycles. The number of nitrogens with zero attached hydrogens (tertiary/aromatic N) is 4. The SMILES string of the molecule is CC(C)(C)[Si](O[C@@H]1C[C@H](c2csc(NC(=O)c3cccn3Cc3ccncc3)n2)N(c2ccccc2)C1)(c1ccccc1)c1ccccc1. The molecule has 3 aromatic carbocycles. The largest absolute Gasteiger partial charge is 0.403 e. The summed E-state index contributed by atoms with van der Waals surface area (Å²) in [4.78, 5) is 25.0. The maximum absolute atomic E-state index is 13.5. The van der Waals surface area contributed by atoms with Gasteiger partial charge in [0, 0.05) is 49.2 Å². The lowest BCUT2D eigenvalue weighted by Gasteiger charge is -2.44. The van der Waals surface area contributed by atoms with Gasteiger partial charge in [-0.05, 0) is 57.4 Å². The van der Waals surface area contributed by atoms with Crippen LogP contribution in [-0.4, -0.2) is 41.4 Å². The summed E-state index contributed by atoms with van der Waals surface area (Å²) in [5.41, 5.74) is 3.73. The first kappa shape index (κ1) is 32.7. The number of nitrogens with one attached hydrogen (secondary N) is 1. The lowest BCUT2D eigenvalue weighted by Crippen LogP contribution is -2.67. The number of aromatic nitrogens is 3. The van der Waals surface area contributed by atoms with Crippen LogP contribution in [0.5, 0.6) is 0 Å². The van der Waals surface area contributed by atoms with Gasteiger partial charge in [-0.1, -0.05) is 99.6 Å². The van der Waals surface area contributed by atoms with Crippen LogP contribution in [0.4, 0.5) is 10.8 Å². The predicted molar refractivity (Wildman–Crippen MR) is 201 cm³/mol. The topological polar surface area (TPSA) is 72.3 Å². The van der Waals surface area contributed by atoms with E-state index in [1.807, 2.05) is 41.1 Å². The lowest BCUT2D eigenvalue weighted by atomic mass is 10.1. The van der Waals surface area contributed by atoms with Crippen molar-refractivity contribution in [3.8, 4) is 0 Å². The van der Waals surface area contributed by atoms with Gasteiger partial charge in [0.25, 0.3) is 14.2 Å². The summed E-state index contributed by atoms with van der Waals surface area (Å²) in [6.07, 6.45) is 6.20. The quantitative estimate of drug-likeness (QED) is 0.151. The van der Waals surface area contributed by atoms with Crippen LogP contribution in [0.1, 0.15) is 55.0 Å². The molecule has 1 fully saturated rings. The highest BCUT2D eigenvalue weighted by atomic mass is 32.1. The van der Waals surface area contributed by atoms with Gasteiger partial charge in [0.05, 0.1) is 17.8 Å². The molecule has 1 amide bonds. The van der Waals surface area contributed by atoms with Gasteiger partial charge in [-0.25, -0.2) is 4.98 Å². The molecule has 4 heterocycles. The third-order valence-corrected chi connectivity index (χ3v) is 15.2. The second-order valence-electron chi connectivity index (χ2n) is 13.6. The summed E-state index contributed by atoms with van der Waals surface area (Å²) in [6, 6.07) is 39.8. The fourth-order valence-corrected chi connectivity index (χ4v) is 12.5. The molecule has 3 aromatic heterocycles. The second kappa shape index (κ2) is 14.0. The molecule has 49 heavy (non-hydrogen) atoms. The number of hydrogen-bond acceptors (Lipinski definition) is 6. The molecule has 0 radical (unpaired) electrons. The van der Waals surface area contributed by atoms with Crippen LogP contribution < -0.4 is 20.6 Å². The summed E-state index contributed by atoms with van der Waals surface area (Å²) in [5, 5.41) is 8.16. The Labute approximate surface area is 293 Å². The number of rotatable bonds is 10. The fourth-order valence-electron chi connectivity index (χ4n) is 7.11. The average Bonchev–Trinajstić information content (AvgIpc) is 3.89. The molecule has 1 aliphatic heterocycles. The minimum Gasteiger partial charge on any atom is -0.403 e. The predicted octanol–water partition coefficient (Wildman–Crippen LogP) is 7.54. The zero-order valence-corrected chi connectivity index (χ0v) is 29.9. The Hall–Kier alpha value is -4.83. The normalized spacial score (nSPS) is 16.5. The van der Waals surface area contributed by atoms with Crippen LogP contribution in [0.2, 0.25) is 5.04 Å². The first-order chi connectivity index (χ1) is 23.8. The van der Waals surface area contributed by atoms with Crippen molar-refractivity contribution >= 4 is 46.8 Å². The van der Waals surface area contributed by atoms with E-state index in [1.54, 1.807) is 12.4 Å². The van der Waals surface area contributed by atoms with E-state index < -0.39 is 8.32 Å². The molecule has 0 unspecified atom stereocenters. The molecule has 1 N–H and O–H groups in total. The third-order valence-electron chi connectivity index (χ3n) is 9.36.